The van der Waals surface area contributed by atoms with Crippen molar-refractivity contribution in [1.29, 1.82) is 5.26 Å². The molecule has 1 unspecified atom stereocenters. The summed E-state index contributed by atoms with van der Waals surface area (Å²) in [5, 5.41) is 14.3. The first kappa shape index (κ1) is 17.9. The molecular weight excluding hydrogens is 324 g/mol. The highest BCUT2D eigenvalue weighted by molar-refractivity contribution is 6.11. The van der Waals surface area contributed by atoms with Crippen molar-refractivity contribution in [3.05, 3.63) is 54.1 Å². The van der Waals surface area contributed by atoms with Crippen LogP contribution in [0.2, 0.25) is 0 Å². The number of hydrogen-bond donors (Lipinski definition) is 1. The third-order valence-electron chi connectivity index (χ3n) is 4.88. The van der Waals surface area contributed by atoms with Crippen LogP contribution in [0.1, 0.15) is 37.7 Å². The smallest absolute Gasteiger partial charge is 0.245 e. The number of carbonyl (C=O) groups is 2. The molecule has 1 aliphatic carbocycles. The van der Waals surface area contributed by atoms with Gasteiger partial charge >= 0.3 is 0 Å². The first-order chi connectivity index (χ1) is 12.7. The highest BCUT2D eigenvalue weighted by Gasteiger charge is 2.27. The number of nitrogens with one attached hydrogen (secondary N) is 1. The van der Waals surface area contributed by atoms with Crippen molar-refractivity contribution in [3.8, 4) is 6.07 Å². The largest absolute Gasteiger partial charge is 0.352 e. The maximum absolute atomic E-state index is 12.4. The van der Waals surface area contributed by atoms with Crippen molar-refractivity contribution in [3.63, 3.8) is 0 Å². The quantitative estimate of drug-likeness (QED) is 0.657. The summed E-state index contributed by atoms with van der Waals surface area (Å²) in [5.74, 6) is -2.25. The van der Waals surface area contributed by atoms with Crippen LogP contribution < -0.4 is 5.32 Å². The maximum atomic E-state index is 12.4. The van der Waals surface area contributed by atoms with Gasteiger partial charge in [0.25, 0.3) is 0 Å². The Kier molecular flexibility index (Phi) is 5.80. The van der Waals surface area contributed by atoms with Crippen molar-refractivity contribution in [2.24, 2.45) is 5.92 Å². The van der Waals surface area contributed by atoms with Gasteiger partial charge in [0.15, 0.2) is 11.7 Å². The standard InChI is InChI=1S/C22H22N2O2/c23-15-20(22(26)24-18-10-2-1-3-11-18)21(25)14-13-17-9-6-8-16-7-4-5-12-19(16)17/h4-9,12-14,18,20H,1-3,10-11H2,(H,24,26)/b14-13+. The Labute approximate surface area is 153 Å². The van der Waals surface area contributed by atoms with E-state index in [0.717, 1.165) is 42.0 Å². The van der Waals surface area contributed by atoms with Crippen LogP contribution in [0.5, 0.6) is 0 Å². The third kappa shape index (κ3) is 4.18. The minimum Gasteiger partial charge on any atom is -0.352 e. The zero-order valence-electron chi connectivity index (χ0n) is 14.7. The van der Waals surface area contributed by atoms with E-state index in [4.69, 9.17) is 0 Å². The molecule has 26 heavy (non-hydrogen) atoms. The number of ketones is 1. The number of nitrogens with zero attached hydrogens (tertiary/aromatic N) is 1. The fourth-order valence-electron chi connectivity index (χ4n) is 3.45. The van der Waals surface area contributed by atoms with Gasteiger partial charge in [0.2, 0.25) is 5.91 Å². The molecule has 1 aliphatic rings. The molecule has 4 heteroatoms. The Bertz CT molecular complexity index is 868. The van der Waals surface area contributed by atoms with Crippen molar-refractivity contribution in [2.45, 2.75) is 38.1 Å². The number of allylic oxidation sites excluding steroid dienone is 1. The lowest BCUT2D eigenvalue weighted by Gasteiger charge is -2.23. The van der Waals surface area contributed by atoms with Gasteiger partial charge in [0.1, 0.15) is 0 Å². The van der Waals surface area contributed by atoms with E-state index >= 15 is 0 Å². The first-order valence-electron chi connectivity index (χ1n) is 9.09. The molecule has 1 saturated carbocycles. The zero-order chi connectivity index (χ0) is 18.4. The molecule has 3 rings (SSSR count). The molecule has 2 aromatic carbocycles. The number of nitriles is 1. The van der Waals surface area contributed by atoms with Crippen LogP contribution in [0.25, 0.3) is 16.8 Å². The molecule has 0 heterocycles. The SMILES string of the molecule is N#CC(C(=O)/C=C/c1cccc2ccccc12)C(=O)NC1CCCCC1. The molecule has 2 aromatic rings. The van der Waals surface area contributed by atoms with Crippen LogP contribution in [0.4, 0.5) is 0 Å². The summed E-state index contributed by atoms with van der Waals surface area (Å²) >= 11 is 0. The second-order valence-corrected chi connectivity index (χ2v) is 6.71. The van der Waals surface area contributed by atoms with Crippen molar-refractivity contribution in [2.75, 3.05) is 0 Å². The van der Waals surface area contributed by atoms with Crippen molar-refractivity contribution >= 4 is 28.5 Å². The van der Waals surface area contributed by atoms with Crippen LogP contribution in [0.15, 0.2) is 48.5 Å². The lowest BCUT2D eigenvalue weighted by molar-refractivity contribution is -0.130. The van der Waals surface area contributed by atoms with Gasteiger partial charge in [-0.1, -0.05) is 67.8 Å². The molecule has 0 spiro atoms. The van der Waals surface area contributed by atoms with E-state index in [0.29, 0.717) is 0 Å². The Hall–Kier alpha value is -2.93. The molecule has 1 fully saturated rings. The van der Waals surface area contributed by atoms with E-state index in [9.17, 15) is 14.9 Å². The molecule has 1 amide bonds. The summed E-state index contributed by atoms with van der Waals surface area (Å²) in [6.45, 7) is 0. The predicted molar refractivity (Wildman–Crippen MR) is 102 cm³/mol. The average Bonchev–Trinajstić information content (AvgIpc) is 2.67. The van der Waals surface area contributed by atoms with E-state index in [-0.39, 0.29) is 6.04 Å². The van der Waals surface area contributed by atoms with Gasteiger partial charge in [-0.15, -0.1) is 0 Å². The van der Waals surface area contributed by atoms with Crippen LogP contribution in [-0.2, 0) is 9.59 Å². The Morgan fingerprint density at radius 2 is 1.81 bits per heavy atom. The zero-order valence-corrected chi connectivity index (χ0v) is 14.7. The van der Waals surface area contributed by atoms with E-state index in [1.54, 1.807) is 6.08 Å². The predicted octanol–water partition coefficient (Wildman–Crippen LogP) is 4.01. The maximum Gasteiger partial charge on any atom is 0.245 e. The summed E-state index contributed by atoms with van der Waals surface area (Å²) in [7, 11) is 0. The van der Waals surface area contributed by atoms with Gasteiger partial charge in [0.05, 0.1) is 6.07 Å². The molecule has 0 bridgehead atoms. The lowest BCUT2D eigenvalue weighted by Crippen LogP contribution is -2.41. The minimum absolute atomic E-state index is 0.0851. The van der Waals surface area contributed by atoms with E-state index < -0.39 is 17.6 Å². The Balaban J connectivity index is 1.71. The van der Waals surface area contributed by atoms with Gasteiger partial charge in [-0.25, -0.2) is 0 Å². The minimum atomic E-state index is -1.29. The van der Waals surface area contributed by atoms with Crippen LogP contribution in [0.3, 0.4) is 0 Å². The van der Waals surface area contributed by atoms with Crippen LogP contribution >= 0.6 is 0 Å². The van der Waals surface area contributed by atoms with Gasteiger partial charge in [-0.3, -0.25) is 9.59 Å². The van der Waals surface area contributed by atoms with Gasteiger partial charge < -0.3 is 5.32 Å². The molecule has 4 nitrogen and oxygen atoms in total. The number of carbonyl (C=O) groups excluding carboxylic acids is 2. The highest BCUT2D eigenvalue weighted by atomic mass is 16.2. The molecule has 132 valence electrons. The lowest BCUT2D eigenvalue weighted by atomic mass is 9.94. The van der Waals surface area contributed by atoms with E-state index in [1.807, 2.05) is 48.5 Å². The molecular formula is C22H22N2O2. The second-order valence-electron chi connectivity index (χ2n) is 6.71. The van der Waals surface area contributed by atoms with E-state index in [2.05, 4.69) is 5.32 Å². The molecule has 1 N–H and O–H groups in total. The number of benzene rings is 2. The van der Waals surface area contributed by atoms with Gasteiger partial charge in [-0.05, 0) is 35.3 Å². The van der Waals surface area contributed by atoms with Gasteiger partial charge in [-0.2, -0.15) is 5.26 Å². The fraction of sp³-hybridized carbons (Fsp3) is 0.318. The average molecular weight is 346 g/mol. The molecule has 0 saturated heterocycles. The normalized spacial score (nSPS) is 16.3. The number of fused-ring (bicyclic) bond motifs is 1. The molecule has 0 aromatic heterocycles. The summed E-state index contributed by atoms with van der Waals surface area (Å²) in [6.07, 6.45) is 8.21. The second kappa shape index (κ2) is 8.44. The van der Waals surface area contributed by atoms with E-state index in [1.165, 1.54) is 12.5 Å². The number of hydrogen-bond acceptors (Lipinski definition) is 3. The summed E-state index contributed by atoms with van der Waals surface area (Å²) in [5.41, 5.74) is 0.890. The molecule has 1 atom stereocenters. The summed E-state index contributed by atoms with van der Waals surface area (Å²) in [4.78, 5) is 24.7. The van der Waals surface area contributed by atoms with Crippen molar-refractivity contribution < 1.29 is 9.59 Å². The third-order valence-corrected chi connectivity index (χ3v) is 4.88. The van der Waals surface area contributed by atoms with Gasteiger partial charge in [0, 0.05) is 6.04 Å². The van der Waals surface area contributed by atoms with Crippen LogP contribution in [-0.4, -0.2) is 17.7 Å². The topological polar surface area (TPSA) is 70.0 Å². The number of rotatable bonds is 5. The fourth-order valence-corrected chi connectivity index (χ4v) is 3.45. The van der Waals surface area contributed by atoms with Crippen molar-refractivity contribution in [1.82, 2.24) is 5.32 Å². The highest BCUT2D eigenvalue weighted by Crippen LogP contribution is 2.20. The summed E-state index contributed by atoms with van der Waals surface area (Å²) < 4.78 is 0. The first-order valence-corrected chi connectivity index (χ1v) is 9.09. The molecule has 0 radical (unpaired) electrons. The Morgan fingerprint density at radius 3 is 2.58 bits per heavy atom. The monoisotopic (exact) mass is 346 g/mol. The Morgan fingerprint density at radius 1 is 1.08 bits per heavy atom. The summed E-state index contributed by atoms with van der Waals surface area (Å²) in [6, 6.07) is 15.7. The van der Waals surface area contributed by atoms with Crippen LogP contribution in [0, 0.1) is 17.2 Å². The number of amides is 1. The molecule has 0 aliphatic heterocycles.